The molecular formula is C12H15ClFNO. The van der Waals surface area contributed by atoms with Gasteiger partial charge in [0.25, 0.3) is 5.91 Å². The number of hydrogen-bond donors (Lipinski definition) is 1. The van der Waals surface area contributed by atoms with Gasteiger partial charge >= 0.3 is 0 Å². The van der Waals surface area contributed by atoms with Crippen LogP contribution in [0.15, 0.2) is 18.2 Å². The fourth-order valence-corrected chi connectivity index (χ4v) is 1.41. The maximum Gasteiger partial charge on any atom is 0.251 e. The standard InChI is InChI=1S/C12H15ClFNO/c1-8(6-13)7-15-12(16)11-4-3-10(14)5-9(11)2/h3-5,8H,6-7H2,1-2H3,(H,15,16). The normalized spacial score (nSPS) is 12.2. The van der Waals surface area contributed by atoms with Crippen molar-refractivity contribution in [3.8, 4) is 0 Å². The number of rotatable bonds is 4. The Morgan fingerprint density at radius 3 is 2.81 bits per heavy atom. The Kier molecular flexibility index (Phi) is 4.74. The van der Waals surface area contributed by atoms with Gasteiger partial charge < -0.3 is 5.32 Å². The van der Waals surface area contributed by atoms with E-state index in [0.717, 1.165) is 0 Å². The molecule has 4 heteroatoms. The van der Waals surface area contributed by atoms with E-state index in [-0.39, 0.29) is 17.6 Å². The van der Waals surface area contributed by atoms with Crippen LogP contribution >= 0.6 is 11.6 Å². The molecule has 1 aromatic carbocycles. The molecule has 0 spiro atoms. The Balaban J connectivity index is 2.66. The summed E-state index contributed by atoms with van der Waals surface area (Å²) < 4.78 is 12.8. The highest BCUT2D eigenvalue weighted by Crippen LogP contribution is 2.10. The van der Waals surface area contributed by atoms with E-state index in [1.807, 2.05) is 6.92 Å². The summed E-state index contributed by atoms with van der Waals surface area (Å²) in [7, 11) is 0. The molecule has 0 aromatic heterocycles. The zero-order valence-electron chi connectivity index (χ0n) is 9.39. The van der Waals surface area contributed by atoms with Gasteiger partial charge in [-0.15, -0.1) is 11.6 Å². The van der Waals surface area contributed by atoms with E-state index >= 15 is 0 Å². The molecule has 0 fully saturated rings. The predicted octanol–water partition coefficient (Wildman–Crippen LogP) is 2.74. The minimum absolute atomic E-state index is 0.186. The van der Waals surface area contributed by atoms with Crippen LogP contribution in [-0.2, 0) is 0 Å². The lowest BCUT2D eigenvalue weighted by molar-refractivity contribution is 0.0948. The second-order valence-corrected chi connectivity index (χ2v) is 4.24. The van der Waals surface area contributed by atoms with Crippen LogP contribution in [0.25, 0.3) is 0 Å². The minimum Gasteiger partial charge on any atom is -0.352 e. The number of nitrogens with one attached hydrogen (secondary N) is 1. The third-order valence-electron chi connectivity index (χ3n) is 2.31. The molecule has 0 aliphatic rings. The first kappa shape index (κ1) is 13.0. The van der Waals surface area contributed by atoms with Crippen LogP contribution in [0.2, 0.25) is 0 Å². The molecule has 0 heterocycles. The molecule has 2 nitrogen and oxygen atoms in total. The molecule has 1 amide bonds. The fraction of sp³-hybridized carbons (Fsp3) is 0.417. The van der Waals surface area contributed by atoms with Gasteiger partial charge in [0, 0.05) is 18.0 Å². The first-order valence-corrected chi connectivity index (χ1v) is 5.68. The highest BCUT2D eigenvalue weighted by atomic mass is 35.5. The van der Waals surface area contributed by atoms with E-state index in [2.05, 4.69) is 5.32 Å². The highest BCUT2D eigenvalue weighted by Gasteiger charge is 2.10. The van der Waals surface area contributed by atoms with Gasteiger partial charge in [-0.1, -0.05) is 6.92 Å². The predicted molar refractivity (Wildman–Crippen MR) is 63.4 cm³/mol. The average molecular weight is 244 g/mol. The van der Waals surface area contributed by atoms with Crippen LogP contribution < -0.4 is 5.32 Å². The second kappa shape index (κ2) is 5.85. The Hall–Kier alpha value is -1.09. The molecule has 0 radical (unpaired) electrons. The van der Waals surface area contributed by atoms with Crippen LogP contribution in [0.1, 0.15) is 22.8 Å². The van der Waals surface area contributed by atoms with Crippen molar-refractivity contribution in [1.29, 1.82) is 0 Å². The molecule has 0 aliphatic carbocycles. The van der Waals surface area contributed by atoms with Gasteiger partial charge in [-0.3, -0.25) is 4.79 Å². The summed E-state index contributed by atoms with van der Waals surface area (Å²) in [5.41, 5.74) is 1.14. The zero-order chi connectivity index (χ0) is 12.1. The molecule has 0 saturated carbocycles. The molecule has 1 unspecified atom stereocenters. The largest absolute Gasteiger partial charge is 0.352 e. The molecule has 1 aromatic rings. The van der Waals surface area contributed by atoms with Crippen molar-refractivity contribution in [1.82, 2.24) is 5.32 Å². The maximum atomic E-state index is 12.8. The second-order valence-electron chi connectivity index (χ2n) is 3.93. The number of carbonyl (C=O) groups excluding carboxylic acids is 1. The van der Waals surface area contributed by atoms with Gasteiger partial charge in [0.15, 0.2) is 0 Å². The van der Waals surface area contributed by atoms with Gasteiger partial charge in [-0.2, -0.15) is 0 Å². The van der Waals surface area contributed by atoms with Crippen LogP contribution in [0.3, 0.4) is 0 Å². The smallest absolute Gasteiger partial charge is 0.251 e. The average Bonchev–Trinajstić information content (AvgIpc) is 2.25. The topological polar surface area (TPSA) is 29.1 Å². The van der Waals surface area contributed by atoms with E-state index in [1.54, 1.807) is 6.92 Å². The lowest BCUT2D eigenvalue weighted by Crippen LogP contribution is -2.29. The van der Waals surface area contributed by atoms with E-state index in [4.69, 9.17) is 11.6 Å². The maximum absolute atomic E-state index is 12.8. The van der Waals surface area contributed by atoms with Crippen molar-refractivity contribution in [3.63, 3.8) is 0 Å². The van der Waals surface area contributed by atoms with Crippen LogP contribution in [0, 0.1) is 18.7 Å². The Morgan fingerprint density at radius 2 is 2.25 bits per heavy atom. The SMILES string of the molecule is Cc1cc(F)ccc1C(=O)NCC(C)CCl. The van der Waals surface area contributed by atoms with Crippen LogP contribution in [-0.4, -0.2) is 18.3 Å². The van der Waals surface area contributed by atoms with Gasteiger partial charge in [0.1, 0.15) is 5.82 Å². The first-order valence-electron chi connectivity index (χ1n) is 5.15. The highest BCUT2D eigenvalue weighted by molar-refractivity contribution is 6.18. The molecule has 16 heavy (non-hydrogen) atoms. The Bertz CT molecular complexity index is 381. The Morgan fingerprint density at radius 1 is 1.56 bits per heavy atom. The molecule has 1 atom stereocenters. The molecule has 0 bridgehead atoms. The molecule has 1 N–H and O–H groups in total. The van der Waals surface area contributed by atoms with Gasteiger partial charge in [0.2, 0.25) is 0 Å². The van der Waals surface area contributed by atoms with E-state index in [9.17, 15) is 9.18 Å². The van der Waals surface area contributed by atoms with Crippen molar-refractivity contribution >= 4 is 17.5 Å². The molecule has 0 saturated heterocycles. The van der Waals surface area contributed by atoms with Crippen molar-refractivity contribution in [2.45, 2.75) is 13.8 Å². The lowest BCUT2D eigenvalue weighted by Gasteiger charge is -2.10. The molecular weight excluding hydrogens is 229 g/mol. The van der Waals surface area contributed by atoms with E-state index in [1.165, 1.54) is 18.2 Å². The molecule has 1 rings (SSSR count). The fourth-order valence-electron chi connectivity index (χ4n) is 1.30. The number of halogens is 2. The van der Waals surface area contributed by atoms with Gasteiger partial charge in [-0.25, -0.2) is 4.39 Å². The number of alkyl halides is 1. The minimum atomic E-state index is -0.330. The number of carbonyl (C=O) groups is 1. The van der Waals surface area contributed by atoms with E-state index < -0.39 is 0 Å². The monoisotopic (exact) mass is 243 g/mol. The van der Waals surface area contributed by atoms with Crippen molar-refractivity contribution in [2.24, 2.45) is 5.92 Å². The molecule has 0 aliphatic heterocycles. The van der Waals surface area contributed by atoms with E-state index in [0.29, 0.717) is 23.6 Å². The van der Waals surface area contributed by atoms with Crippen LogP contribution in [0.5, 0.6) is 0 Å². The van der Waals surface area contributed by atoms with Crippen molar-refractivity contribution in [2.75, 3.05) is 12.4 Å². The third kappa shape index (κ3) is 3.49. The summed E-state index contributed by atoms with van der Waals surface area (Å²) in [5.74, 6) is 0.215. The van der Waals surface area contributed by atoms with Crippen LogP contribution in [0.4, 0.5) is 4.39 Å². The summed E-state index contributed by atoms with van der Waals surface area (Å²) in [5, 5.41) is 2.76. The number of hydrogen-bond acceptors (Lipinski definition) is 1. The Labute approximate surface area is 99.8 Å². The summed E-state index contributed by atoms with van der Waals surface area (Å²) in [6, 6.07) is 4.12. The van der Waals surface area contributed by atoms with Crippen molar-refractivity contribution < 1.29 is 9.18 Å². The first-order chi connectivity index (χ1) is 7.54. The summed E-state index contributed by atoms with van der Waals surface area (Å²) in [6.45, 7) is 4.19. The summed E-state index contributed by atoms with van der Waals surface area (Å²) in [4.78, 5) is 11.7. The third-order valence-corrected chi connectivity index (χ3v) is 2.83. The summed E-state index contributed by atoms with van der Waals surface area (Å²) in [6.07, 6.45) is 0. The number of amides is 1. The lowest BCUT2D eigenvalue weighted by atomic mass is 10.1. The number of aryl methyl sites for hydroxylation is 1. The van der Waals surface area contributed by atoms with Crippen molar-refractivity contribution in [3.05, 3.63) is 35.1 Å². The quantitative estimate of drug-likeness (QED) is 0.810. The number of benzene rings is 1. The van der Waals surface area contributed by atoms with Gasteiger partial charge in [0.05, 0.1) is 0 Å². The van der Waals surface area contributed by atoms with Gasteiger partial charge in [-0.05, 0) is 36.6 Å². The summed E-state index contributed by atoms with van der Waals surface area (Å²) >= 11 is 5.63. The molecule has 88 valence electrons. The zero-order valence-corrected chi connectivity index (χ0v) is 10.1.